The van der Waals surface area contributed by atoms with Crippen LogP contribution in [0.15, 0.2) is 29.3 Å². The summed E-state index contributed by atoms with van der Waals surface area (Å²) in [6.07, 6.45) is 0. The van der Waals surface area contributed by atoms with Gasteiger partial charge in [-0.3, -0.25) is 10.1 Å². The van der Waals surface area contributed by atoms with Gasteiger partial charge in [0, 0.05) is 5.39 Å². The smallest absolute Gasteiger partial charge is 0.318 e. The van der Waals surface area contributed by atoms with Crippen molar-refractivity contribution in [3.63, 3.8) is 0 Å². The van der Waals surface area contributed by atoms with E-state index in [0.29, 0.717) is 0 Å². The van der Waals surface area contributed by atoms with Crippen molar-refractivity contribution >= 4 is 34.6 Å². The number of benzene rings is 1. The fourth-order valence-corrected chi connectivity index (χ4v) is 2.97. The Balaban J connectivity index is 2.29. The molecule has 0 bridgehead atoms. The lowest BCUT2D eigenvalue weighted by Crippen LogP contribution is -2.39. The molecule has 0 saturated carbocycles. The Kier molecular flexibility index (Phi) is 4.47. The fourth-order valence-electron chi connectivity index (χ4n) is 2.05. The molecule has 1 atom stereocenters. The number of aromatic nitrogens is 1. The molecule has 1 heterocycles. The molecule has 2 aromatic rings. The summed E-state index contributed by atoms with van der Waals surface area (Å²) >= 11 is 1.30. The van der Waals surface area contributed by atoms with Crippen molar-refractivity contribution in [2.75, 3.05) is 0 Å². The van der Waals surface area contributed by atoms with Crippen LogP contribution in [0.3, 0.4) is 0 Å². The molecule has 1 aromatic carbocycles. The normalized spacial score (nSPS) is 12.1. The van der Waals surface area contributed by atoms with Crippen molar-refractivity contribution in [1.82, 2.24) is 10.3 Å². The number of carbonyl (C=O) groups is 2. The molecule has 2 rings (SSSR count). The number of thioether (sulfide) groups is 1. The second kappa shape index (κ2) is 6.13. The Morgan fingerprint density at radius 1 is 1.29 bits per heavy atom. The number of pyridine rings is 1. The minimum atomic E-state index is -0.842. The van der Waals surface area contributed by atoms with Gasteiger partial charge in [0.2, 0.25) is 5.91 Å². The molecule has 0 spiro atoms. The first-order valence-electron chi connectivity index (χ1n) is 6.52. The number of aryl methyl sites for hydroxylation is 2. The second-order valence-corrected chi connectivity index (χ2v) is 6.22. The molecule has 3 amide bonds. The zero-order valence-electron chi connectivity index (χ0n) is 12.1. The number of nitrogens with one attached hydrogen (secondary N) is 1. The van der Waals surface area contributed by atoms with Gasteiger partial charge < -0.3 is 5.73 Å². The summed E-state index contributed by atoms with van der Waals surface area (Å²) in [6, 6.07) is 7.14. The number of amides is 3. The molecule has 5 nitrogen and oxygen atoms in total. The van der Waals surface area contributed by atoms with E-state index in [-0.39, 0.29) is 0 Å². The molecule has 0 radical (unpaired) electrons. The first-order chi connectivity index (χ1) is 9.88. The summed E-state index contributed by atoms with van der Waals surface area (Å²) in [6.45, 7) is 5.73. The average Bonchev–Trinajstić information content (AvgIpc) is 2.39. The minimum Gasteiger partial charge on any atom is -0.351 e. The largest absolute Gasteiger partial charge is 0.351 e. The van der Waals surface area contributed by atoms with Gasteiger partial charge in [0.15, 0.2) is 0 Å². The second-order valence-electron chi connectivity index (χ2n) is 4.86. The van der Waals surface area contributed by atoms with Gasteiger partial charge in [0.25, 0.3) is 0 Å². The number of urea groups is 1. The van der Waals surface area contributed by atoms with Crippen molar-refractivity contribution in [1.29, 1.82) is 0 Å². The summed E-state index contributed by atoms with van der Waals surface area (Å²) in [5, 5.41) is 3.48. The first kappa shape index (κ1) is 15.3. The summed E-state index contributed by atoms with van der Waals surface area (Å²) < 4.78 is 0. The van der Waals surface area contributed by atoms with Crippen LogP contribution in [0, 0.1) is 13.8 Å². The molecule has 110 valence electrons. The number of fused-ring (bicyclic) bond motifs is 1. The van der Waals surface area contributed by atoms with E-state index >= 15 is 0 Å². The molecule has 0 aliphatic carbocycles. The standard InChI is InChI=1S/C15H17N3O2S/c1-8-5-4-6-11-9(2)7-12(17-13(8)11)21-10(3)14(19)18-15(16)20/h4-7,10H,1-3H3,(H3,16,18,19,20). The zero-order chi connectivity index (χ0) is 15.6. The van der Waals surface area contributed by atoms with Gasteiger partial charge in [-0.25, -0.2) is 9.78 Å². The van der Waals surface area contributed by atoms with E-state index in [1.54, 1.807) is 6.92 Å². The average molecular weight is 303 g/mol. The molecule has 6 heteroatoms. The molecular weight excluding hydrogens is 286 g/mol. The van der Waals surface area contributed by atoms with E-state index in [2.05, 4.69) is 10.3 Å². The SMILES string of the molecule is Cc1cc(SC(C)C(=O)NC(N)=O)nc2c(C)cccc12. The summed E-state index contributed by atoms with van der Waals surface area (Å²) in [5.41, 5.74) is 8.08. The maximum Gasteiger partial charge on any atom is 0.318 e. The van der Waals surface area contributed by atoms with E-state index in [9.17, 15) is 9.59 Å². The third-order valence-electron chi connectivity index (χ3n) is 3.14. The van der Waals surface area contributed by atoms with Crippen LogP contribution in [0.2, 0.25) is 0 Å². The number of hydrogen-bond acceptors (Lipinski definition) is 4. The van der Waals surface area contributed by atoms with Gasteiger partial charge in [-0.1, -0.05) is 30.0 Å². The van der Waals surface area contributed by atoms with Crippen LogP contribution in [-0.2, 0) is 4.79 Å². The van der Waals surface area contributed by atoms with Crippen LogP contribution in [0.25, 0.3) is 10.9 Å². The number of hydrogen-bond donors (Lipinski definition) is 2. The van der Waals surface area contributed by atoms with Gasteiger partial charge in [0.05, 0.1) is 15.8 Å². The van der Waals surface area contributed by atoms with Crippen LogP contribution in [-0.4, -0.2) is 22.2 Å². The maximum absolute atomic E-state index is 11.7. The number of carbonyl (C=O) groups excluding carboxylic acids is 2. The Morgan fingerprint density at radius 2 is 2.00 bits per heavy atom. The van der Waals surface area contributed by atoms with Crippen molar-refractivity contribution in [2.24, 2.45) is 5.73 Å². The van der Waals surface area contributed by atoms with Crippen LogP contribution in [0.1, 0.15) is 18.1 Å². The van der Waals surface area contributed by atoms with Gasteiger partial charge >= 0.3 is 6.03 Å². The number of primary amides is 1. The Labute approximate surface area is 127 Å². The molecule has 0 saturated heterocycles. The number of nitrogens with zero attached hydrogens (tertiary/aromatic N) is 1. The Morgan fingerprint density at radius 3 is 2.67 bits per heavy atom. The fraction of sp³-hybridized carbons (Fsp3) is 0.267. The summed E-state index contributed by atoms with van der Waals surface area (Å²) in [4.78, 5) is 27.0. The lowest BCUT2D eigenvalue weighted by atomic mass is 10.1. The lowest BCUT2D eigenvalue weighted by Gasteiger charge is -2.12. The maximum atomic E-state index is 11.7. The van der Waals surface area contributed by atoms with Crippen LogP contribution in [0.5, 0.6) is 0 Å². The minimum absolute atomic E-state index is 0.420. The van der Waals surface area contributed by atoms with E-state index in [1.165, 1.54) is 11.8 Å². The van der Waals surface area contributed by atoms with Crippen molar-refractivity contribution < 1.29 is 9.59 Å². The highest BCUT2D eigenvalue weighted by atomic mass is 32.2. The predicted molar refractivity (Wildman–Crippen MR) is 84.3 cm³/mol. The third-order valence-corrected chi connectivity index (χ3v) is 4.16. The lowest BCUT2D eigenvalue weighted by molar-refractivity contribution is -0.119. The Hall–Kier alpha value is -2.08. The molecule has 1 unspecified atom stereocenters. The topological polar surface area (TPSA) is 85.1 Å². The third kappa shape index (κ3) is 3.52. The molecule has 21 heavy (non-hydrogen) atoms. The molecule has 1 aromatic heterocycles. The quantitative estimate of drug-likeness (QED) is 0.853. The van der Waals surface area contributed by atoms with Crippen LogP contribution >= 0.6 is 11.8 Å². The van der Waals surface area contributed by atoms with Crippen molar-refractivity contribution in [2.45, 2.75) is 31.0 Å². The van der Waals surface area contributed by atoms with E-state index < -0.39 is 17.2 Å². The highest BCUT2D eigenvalue weighted by molar-refractivity contribution is 8.00. The van der Waals surface area contributed by atoms with E-state index in [1.807, 2.05) is 38.1 Å². The van der Waals surface area contributed by atoms with E-state index in [0.717, 1.165) is 27.1 Å². The summed E-state index contributed by atoms with van der Waals surface area (Å²) in [7, 11) is 0. The van der Waals surface area contributed by atoms with Crippen molar-refractivity contribution in [3.8, 4) is 0 Å². The summed E-state index contributed by atoms with van der Waals surface area (Å²) in [5.74, 6) is -0.420. The zero-order valence-corrected chi connectivity index (χ0v) is 13.0. The molecule has 0 fully saturated rings. The molecule has 0 aliphatic heterocycles. The van der Waals surface area contributed by atoms with E-state index in [4.69, 9.17) is 5.73 Å². The first-order valence-corrected chi connectivity index (χ1v) is 7.40. The highest BCUT2D eigenvalue weighted by Crippen LogP contribution is 2.27. The van der Waals surface area contributed by atoms with Gasteiger partial charge in [-0.15, -0.1) is 0 Å². The van der Waals surface area contributed by atoms with Gasteiger partial charge in [0.1, 0.15) is 0 Å². The number of nitrogens with two attached hydrogens (primary N) is 1. The highest BCUT2D eigenvalue weighted by Gasteiger charge is 2.17. The van der Waals surface area contributed by atoms with Crippen LogP contribution in [0.4, 0.5) is 4.79 Å². The monoisotopic (exact) mass is 303 g/mol. The predicted octanol–water partition coefficient (Wildman–Crippen LogP) is 2.53. The molecular formula is C15H17N3O2S. The van der Waals surface area contributed by atoms with Crippen LogP contribution < -0.4 is 11.1 Å². The number of para-hydroxylation sites is 1. The van der Waals surface area contributed by atoms with Gasteiger partial charge in [-0.2, -0.15) is 0 Å². The van der Waals surface area contributed by atoms with Gasteiger partial charge in [-0.05, 0) is 38.0 Å². The molecule has 3 N–H and O–H groups in total. The number of imide groups is 1. The number of rotatable bonds is 3. The van der Waals surface area contributed by atoms with Crippen molar-refractivity contribution in [3.05, 3.63) is 35.4 Å². The molecule has 0 aliphatic rings. The Bertz CT molecular complexity index is 715.